The minimum Gasteiger partial charge on any atom is -0.459 e. The number of aryl methyl sites for hydroxylation is 2. The van der Waals surface area contributed by atoms with Gasteiger partial charge >= 0.3 is 5.97 Å². The Hall–Kier alpha value is -3.01. The van der Waals surface area contributed by atoms with Crippen molar-refractivity contribution in [2.24, 2.45) is 13.0 Å². The molecule has 36 heavy (non-hydrogen) atoms. The molecule has 2 unspecified atom stereocenters. The Labute approximate surface area is 211 Å². The van der Waals surface area contributed by atoms with Gasteiger partial charge < -0.3 is 29.0 Å². The number of fused-ring (bicyclic) bond motifs is 1. The van der Waals surface area contributed by atoms with Crippen molar-refractivity contribution in [2.45, 2.75) is 58.8 Å². The molecule has 3 atom stereocenters. The first-order valence-electron chi connectivity index (χ1n) is 12.5. The molecule has 0 saturated carbocycles. The van der Waals surface area contributed by atoms with Crippen LogP contribution >= 0.6 is 0 Å². The second-order valence-corrected chi connectivity index (χ2v) is 10.0. The lowest BCUT2D eigenvalue weighted by Gasteiger charge is -2.22. The Balaban J connectivity index is 1.61. The molecule has 1 aliphatic rings. The van der Waals surface area contributed by atoms with Crippen molar-refractivity contribution < 1.29 is 19.4 Å². The number of hydrogen-bond donors (Lipinski definition) is 2. The van der Waals surface area contributed by atoms with Crippen LogP contribution in [0.3, 0.4) is 0 Å². The molecule has 194 valence electrons. The van der Waals surface area contributed by atoms with Crippen LogP contribution in [-0.2, 0) is 27.9 Å². The van der Waals surface area contributed by atoms with E-state index in [0.29, 0.717) is 31.1 Å². The van der Waals surface area contributed by atoms with E-state index in [1.54, 1.807) is 24.7 Å². The first kappa shape index (κ1) is 26.1. The Morgan fingerprint density at radius 3 is 2.72 bits per heavy atom. The van der Waals surface area contributed by atoms with Gasteiger partial charge in [-0.2, -0.15) is 0 Å². The number of nitrogens with zero attached hydrogens (tertiary/aromatic N) is 3. The third-order valence-electron chi connectivity index (χ3n) is 6.70. The van der Waals surface area contributed by atoms with E-state index in [1.807, 2.05) is 49.6 Å². The number of pyridine rings is 1. The quantitative estimate of drug-likeness (QED) is 0.439. The smallest absolute Gasteiger partial charge is 0.323 e. The molecule has 1 fully saturated rings. The Morgan fingerprint density at radius 2 is 2.08 bits per heavy atom. The van der Waals surface area contributed by atoms with Crippen LogP contribution in [0.5, 0.6) is 0 Å². The molecule has 9 heteroatoms. The van der Waals surface area contributed by atoms with E-state index >= 15 is 0 Å². The van der Waals surface area contributed by atoms with Crippen LogP contribution in [0, 0.1) is 12.8 Å². The molecule has 1 saturated heterocycles. The highest BCUT2D eigenvalue weighted by Gasteiger charge is 2.28. The average Bonchev–Trinajstić information content (AvgIpc) is 3.49. The molecule has 0 aliphatic carbocycles. The van der Waals surface area contributed by atoms with Gasteiger partial charge in [0.2, 0.25) is 0 Å². The number of aliphatic hydroxyl groups excluding tert-OH is 1. The summed E-state index contributed by atoms with van der Waals surface area (Å²) in [6.07, 6.45) is 2.34. The third kappa shape index (κ3) is 5.38. The van der Waals surface area contributed by atoms with Gasteiger partial charge in [0.15, 0.2) is 0 Å². The first-order valence-corrected chi connectivity index (χ1v) is 12.5. The summed E-state index contributed by atoms with van der Waals surface area (Å²) >= 11 is 0. The fourth-order valence-electron chi connectivity index (χ4n) is 4.65. The number of aromatic nitrogens is 3. The lowest BCUT2D eigenvalue weighted by molar-refractivity contribution is -0.152. The molecular formula is C27H36N4O5. The minimum absolute atomic E-state index is 0.0449. The van der Waals surface area contributed by atoms with Crippen LogP contribution in [-0.4, -0.2) is 57.2 Å². The molecule has 1 aliphatic heterocycles. The van der Waals surface area contributed by atoms with E-state index in [4.69, 9.17) is 14.5 Å². The number of hydrogen-bond acceptors (Lipinski definition) is 7. The lowest BCUT2D eigenvalue weighted by Crippen LogP contribution is -2.43. The van der Waals surface area contributed by atoms with E-state index in [1.165, 1.54) is 0 Å². The highest BCUT2D eigenvalue weighted by atomic mass is 16.6. The zero-order chi connectivity index (χ0) is 26.0. The lowest BCUT2D eigenvalue weighted by atomic mass is 10.0. The molecule has 2 N–H and O–H groups in total. The summed E-state index contributed by atoms with van der Waals surface area (Å²) in [6, 6.07) is 7.18. The Morgan fingerprint density at radius 1 is 1.31 bits per heavy atom. The van der Waals surface area contributed by atoms with Gasteiger partial charge in [-0.1, -0.05) is 19.9 Å². The molecule has 2 aromatic heterocycles. The molecule has 0 bridgehead atoms. The number of aliphatic hydroxyl groups is 1. The fraction of sp³-hybridized carbons (Fsp3) is 0.519. The highest BCUT2D eigenvalue weighted by molar-refractivity contribution is 5.81. The number of benzene rings is 1. The number of imidazole rings is 1. The summed E-state index contributed by atoms with van der Waals surface area (Å²) in [5.41, 5.74) is 4.04. The van der Waals surface area contributed by atoms with Crippen LogP contribution < -0.4 is 10.9 Å². The predicted octanol–water partition coefficient (Wildman–Crippen LogP) is 2.71. The predicted molar refractivity (Wildman–Crippen MR) is 138 cm³/mol. The minimum atomic E-state index is -0.433. The van der Waals surface area contributed by atoms with E-state index in [-0.39, 0.29) is 36.2 Å². The second kappa shape index (κ2) is 10.9. The molecule has 0 amide bonds. The largest absolute Gasteiger partial charge is 0.459 e. The molecule has 9 nitrogen and oxygen atoms in total. The van der Waals surface area contributed by atoms with Crippen LogP contribution in [0.15, 0.2) is 35.3 Å². The van der Waals surface area contributed by atoms with E-state index in [0.717, 1.165) is 28.6 Å². The molecule has 3 heterocycles. The zero-order valence-electron chi connectivity index (χ0n) is 21.7. The number of carbonyl (C=O) groups excluding carboxylic acids is 1. The van der Waals surface area contributed by atoms with Crippen molar-refractivity contribution >= 4 is 17.0 Å². The zero-order valence-corrected chi connectivity index (χ0v) is 21.7. The van der Waals surface area contributed by atoms with Crippen molar-refractivity contribution in [3.05, 3.63) is 51.9 Å². The third-order valence-corrected chi connectivity index (χ3v) is 6.70. The van der Waals surface area contributed by atoms with Gasteiger partial charge in [-0.25, -0.2) is 4.98 Å². The van der Waals surface area contributed by atoms with E-state index in [9.17, 15) is 14.7 Å². The van der Waals surface area contributed by atoms with Crippen molar-refractivity contribution in [2.75, 3.05) is 19.8 Å². The summed E-state index contributed by atoms with van der Waals surface area (Å²) in [5.74, 6) is 0.500. The summed E-state index contributed by atoms with van der Waals surface area (Å²) in [5, 5.41) is 13.3. The maximum Gasteiger partial charge on any atom is 0.323 e. The van der Waals surface area contributed by atoms with Gasteiger partial charge in [0.05, 0.1) is 36.9 Å². The van der Waals surface area contributed by atoms with E-state index < -0.39 is 6.04 Å². The van der Waals surface area contributed by atoms with Crippen molar-refractivity contribution in [1.29, 1.82) is 0 Å². The number of esters is 1. The summed E-state index contributed by atoms with van der Waals surface area (Å²) in [6.45, 7) is 9.22. The van der Waals surface area contributed by atoms with E-state index in [2.05, 4.69) is 5.32 Å². The average molecular weight is 497 g/mol. The highest BCUT2D eigenvalue weighted by Crippen LogP contribution is 2.29. The summed E-state index contributed by atoms with van der Waals surface area (Å²) in [4.78, 5) is 29.9. The number of carbonyl (C=O) groups is 1. The number of ether oxygens (including phenoxy) is 2. The van der Waals surface area contributed by atoms with Crippen molar-refractivity contribution in [3.8, 4) is 11.4 Å². The molecular weight excluding hydrogens is 460 g/mol. The molecule has 0 radical (unpaired) electrons. The van der Waals surface area contributed by atoms with Gasteiger partial charge in [-0.3, -0.25) is 9.59 Å². The molecule has 0 spiro atoms. The normalized spacial score (nSPS) is 17.6. The monoisotopic (exact) mass is 496 g/mol. The van der Waals surface area contributed by atoms with Crippen LogP contribution in [0.4, 0.5) is 0 Å². The number of rotatable bonds is 9. The maximum atomic E-state index is 12.8. The first-order chi connectivity index (χ1) is 17.2. The summed E-state index contributed by atoms with van der Waals surface area (Å²) in [7, 11) is 1.72. The second-order valence-electron chi connectivity index (χ2n) is 10.0. The SMILES string of the molecule is Cc1cc(-c2nc3cc(CNC(C(=O)O[C@H]4CCOC4)C(C)C)ccc3n2C(C)CO)cn(C)c1=O. The molecule has 3 aromatic rings. The maximum absolute atomic E-state index is 12.8. The van der Waals surface area contributed by atoms with Gasteiger partial charge in [-0.05, 0) is 43.5 Å². The van der Waals surface area contributed by atoms with Crippen LogP contribution in [0.1, 0.15) is 44.4 Å². The van der Waals surface area contributed by atoms with Crippen molar-refractivity contribution in [3.63, 3.8) is 0 Å². The Kier molecular flexibility index (Phi) is 7.92. The number of nitrogens with one attached hydrogen (secondary N) is 1. The molecule has 4 rings (SSSR count). The van der Waals surface area contributed by atoms with Gasteiger partial charge in [0.25, 0.3) is 5.56 Å². The fourth-order valence-corrected chi connectivity index (χ4v) is 4.65. The van der Waals surface area contributed by atoms with Gasteiger partial charge in [-0.15, -0.1) is 0 Å². The van der Waals surface area contributed by atoms with Crippen molar-refractivity contribution in [1.82, 2.24) is 19.4 Å². The standard InChI is InChI=1S/C27H36N4O5/c1-16(2)24(27(34)36-21-8-9-35-15-21)28-12-19-6-7-23-22(11-19)29-25(31(23)18(4)14-32)20-10-17(3)26(33)30(5)13-20/h6-7,10-11,13,16,18,21,24,28,32H,8-9,12,14-15H2,1-5H3/t18?,21-,24?/m0/s1. The van der Waals surface area contributed by atoms with Gasteiger partial charge in [0.1, 0.15) is 18.0 Å². The Bertz CT molecular complexity index is 1260. The van der Waals surface area contributed by atoms with Crippen LogP contribution in [0.2, 0.25) is 0 Å². The molecule has 1 aromatic carbocycles. The van der Waals surface area contributed by atoms with Gasteiger partial charge in [0, 0.05) is 37.3 Å². The summed E-state index contributed by atoms with van der Waals surface area (Å²) < 4.78 is 14.5. The van der Waals surface area contributed by atoms with Crippen LogP contribution in [0.25, 0.3) is 22.4 Å². The topological polar surface area (TPSA) is 108 Å².